The smallest absolute Gasteiger partial charge is 0.240 e. The molecule has 0 atom stereocenters. The van der Waals surface area contributed by atoms with Crippen molar-refractivity contribution in [2.45, 2.75) is 71.3 Å². The molecule has 2 N–H and O–H groups in total. The summed E-state index contributed by atoms with van der Waals surface area (Å²) in [5.41, 5.74) is 1.90. The summed E-state index contributed by atoms with van der Waals surface area (Å²) in [6.07, 6.45) is 9.25. The Kier molecular flexibility index (Phi) is 8.08. The summed E-state index contributed by atoms with van der Waals surface area (Å²) in [6.45, 7) is 3.76. The zero-order chi connectivity index (χ0) is 20.5. The maximum atomic E-state index is 12.4. The summed E-state index contributed by atoms with van der Waals surface area (Å²) in [6, 6.07) is 7.93. The number of imidazole rings is 1. The van der Waals surface area contributed by atoms with Crippen LogP contribution < -0.4 is 10.6 Å². The van der Waals surface area contributed by atoms with Crippen LogP contribution in [0.3, 0.4) is 0 Å². The van der Waals surface area contributed by atoms with Crippen LogP contribution in [0.15, 0.2) is 24.3 Å². The van der Waals surface area contributed by atoms with Gasteiger partial charge in [0, 0.05) is 25.4 Å². The molecule has 0 aliphatic heterocycles. The van der Waals surface area contributed by atoms with E-state index in [1.54, 1.807) is 0 Å². The van der Waals surface area contributed by atoms with Crippen molar-refractivity contribution >= 4 is 22.8 Å². The van der Waals surface area contributed by atoms with Crippen LogP contribution in [-0.2, 0) is 22.6 Å². The van der Waals surface area contributed by atoms with Crippen molar-refractivity contribution in [3.63, 3.8) is 0 Å². The summed E-state index contributed by atoms with van der Waals surface area (Å²) in [7, 11) is 0. The molecule has 1 saturated carbocycles. The van der Waals surface area contributed by atoms with E-state index in [0.717, 1.165) is 55.4 Å². The van der Waals surface area contributed by atoms with Crippen LogP contribution in [0.2, 0.25) is 0 Å². The molecule has 1 aromatic carbocycles. The first-order valence-corrected chi connectivity index (χ1v) is 11.2. The number of aromatic nitrogens is 2. The van der Waals surface area contributed by atoms with Gasteiger partial charge in [-0.05, 0) is 37.8 Å². The van der Waals surface area contributed by atoms with Crippen molar-refractivity contribution in [2.75, 3.05) is 13.1 Å². The second-order valence-corrected chi connectivity index (χ2v) is 8.04. The van der Waals surface area contributed by atoms with E-state index in [1.165, 1.54) is 19.3 Å². The Balaban J connectivity index is 1.56. The predicted octanol–water partition coefficient (Wildman–Crippen LogP) is 3.58. The number of rotatable bonds is 10. The first-order valence-electron chi connectivity index (χ1n) is 11.2. The van der Waals surface area contributed by atoms with Crippen LogP contribution in [0.4, 0.5) is 0 Å². The Morgan fingerprint density at radius 2 is 1.83 bits per heavy atom. The zero-order valence-electron chi connectivity index (χ0n) is 17.6. The normalized spacial score (nSPS) is 14.8. The van der Waals surface area contributed by atoms with Gasteiger partial charge in [-0.3, -0.25) is 9.59 Å². The highest BCUT2D eigenvalue weighted by molar-refractivity contribution is 5.81. The number of fused-ring (bicyclic) bond motifs is 1. The second kappa shape index (κ2) is 11.0. The van der Waals surface area contributed by atoms with E-state index in [4.69, 9.17) is 4.98 Å². The molecule has 1 aromatic heterocycles. The Morgan fingerprint density at radius 1 is 1.07 bits per heavy atom. The molecule has 6 heteroatoms. The average Bonchev–Trinajstić information content (AvgIpc) is 3.09. The van der Waals surface area contributed by atoms with Gasteiger partial charge < -0.3 is 15.2 Å². The van der Waals surface area contributed by atoms with E-state index in [1.807, 2.05) is 28.8 Å². The lowest BCUT2D eigenvalue weighted by Gasteiger charge is -2.20. The first kappa shape index (κ1) is 21.3. The highest BCUT2D eigenvalue weighted by Crippen LogP contribution is 2.23. The highest BCUT2D eigenvalue weighted by Gasteiger charge is 2.20. The number of hydrogen-bond acceptors (Lipinski definition) is 3. The van der Waals surface area contributed by atoms with Gasteiger partial charge in [0.2, 0.25) is 11.8 Å². The quantitative estimate of drug-likeness (QED) is 0.601. The molecule has 158 valence electrons. The van der Waals surface area contributed by atoms with Gasteiger partial charge in [0.05, 0.1) is 11.0 Å². The van der Waals surface area contributed by atoms with Crippen molar-refractivity contribution in [1.82, 2.24) is 20.2 Å². The van der Waals surface area contributed by atoms with Gasteiger partial charge in [0.25, 0.3) is 0 Å². The van der Waals surface area contributed by atoms with Crippen molar-refractivity contribution < 1.29 is 9.59 Å². The van der Waals surface area contributed by atoms with E-state index in [0.29, 0.717) is 13.1 Å². The molecule has 29 heavy (non-hydrogen) atoms. The molecule has 0 unspecified atom stereocenters. The minimum atomic E-state index is 0.0217. The van der Waals surface area contributed by atoms with Gasteiger partial charge >= 0.3 is 0 Å². The van der Waals surface area contributed by atoms with Gasteiger partial charge in [0.15, 0.2) is 0 Å². The van der Waals surface area contributed by atoms with E-state index in [9.17, 15) is 9.59 Å². The number of hydrogen-bond donors (Lipinski definition) is 2. The fourth-order valence-electron chi connectivity index (χ4n) is 4.06. The molecule has 1 heterocycles. The minimum Gasteiger partial charge on any atom is -0.356 e. The van der Waals surface area contributed by atoms with Gasteiger partial charge in [-0.2, -0.15) is 0 Å². The van der Waals surface area contributed by atoms with Crippen molar-refractivity contribution in [3.05, 3.63) is 30.1 Å². The lowest BCUT2D eigenvalue weighted by Crippen LogP contribution is -2.33. The van der Waals surface area contributed by atoms with Crippen LogP contribution in [0, 0.1) is 5.92 Å². The van der Waals surface area contributed by atoms with Gasteiger partial charge in [-0.25, -0.2) is 4.98 Å². The molecule has 2 aromatic rings. The van der Waals surface area contributed by atoms with E-state index < -0.39 is 0 Å². The number of unbranched alkanes of at least 4 members (excludes halogenated alkanes) is 1. The molecular weight excluding hydrogens is 364 g/mol. The summed E-state index contributed by atoms with van der Waals surface area (Å²) in [4.78, 5) is 29.4. The lowest BCUT2D eigenvalue weighted by atomic mass is 9.89. The number of benzene rings is 1. The molecule has 0 radical (unpaired) electrons. The minimum absolute atomic E-state index is 0.0217. The third-order valence-electron chi connectivity index (χ3n) is 5.74. The third kappa shape index (κ3) is 6.05. The van der Waals surface area contributed by atoms with Gasteiger partial charge in [0.1, 0.15) is 12.4 Å². The Hall–Kier alpha value is -2.37. The van der Waals surface area contributed by atoms with Gasteiger partial charge in [-0.1, -0.05) is 44.7 Å². The maximum absolute atomic E-state index is 12.4. The zero-order valence-corrected chi connectivity index (χ0v) is 17.6. The lowest BCUT2D eigenvalue weighted by molar-refractivity contribution is -0.126. The molecular formula is C23H34N4O2. The van der Waals surface area contributed by atoms with Crippen LogP contribution in [0.1, 0.15) is 64.1 Å². The summed E-state index contributed by atoms with van der Waals surface area (Å²) >= 11 is 0. The summed E-state index contributed by atoms with van der Waals surface area (Å²) in [5.74, 6) is 1.32. The number of carbonyl (C=O) groups is 2. The number of amides is 2. The summed E-state index contributed by atoms with van der Waals surface area (Å²) in [5, 5.41) is 6.08. The molecule has 3 rings (SSSR count). The Bertz CT molecular complexity index is 808. The molecule has 1 aliphatic carbocycles. The third-order valence-corrected chi connectivity index (χ3v) is 5.74. The number of para-hydroxylation sites is 2. The van der Waals surface area contributed by atoms with Crippen LogP contribution in [0.25, 0.3) is 11.0 Å². The SMILES string of the molecule is CCCCNC(=O)Cn1c(CCCNC(=O)C2CCCCC2)nc2ccccc21. The highest BCUT2D eigenvalue weighted by atomic mass is 16.2. The molecule has 2 amide bonds. The molecule has 0 spiro atoms. The first-order chi connectivity index (χ1) is 14.2. The van der Waals surface area contributed by atoms with Crippen molar-refractivity contribution in [2.24, 2.45) is 5.92 Å². The topological polar surface area (TPSA) is 76.0 Å². The molecule has 0 bridgehead atoms. The fraction of sp³-hybridized carbons (Fsp3) is 0.609. The maximum Gasteiger partial charge on any atom is 0.240 e. The monoisotopic (exact) mass is 398 g/mol. The van der Waals surface area contributed by atoms with E-state index in [-0.39, 0.29) is 24.3 Å². The molecule has 1 aliphatic rings. The molecule has 6 nitrogen and oxygen atoms in total. The van der Waals surface area contributed by atoms with Crippen LogP contribution in [0.5, 0.6) is 0 Å². The number of nitrogens with one attached hydrogen (secondary N) is 2. The number of nitrogens with zero attached hydrogens (tertiary/aromatic N) is 2. The van der Waals surface area contributed by atoms with Crippen molar-refractivity contribution in [1.29, 1.82) is 0 Å². The molecule has 1 fully saturated rings. The fourth-order valence-corrected chi connectivity index (χ4v) is 4.06. The Labute approximate surface area is 173 Å². The molecule has 0 saturated heterocycles. The summed E-state index contributed by atoms with van der Waals surface area (Å²) < 4.78 is 2.01. The van der Waals surface area contributed by atoms with E-state index >= 15 is 0 Å². The number of aryl methyl sites for hydroxylation is 1. The number of carbonyl (C=O) groups excluding carboxylic acids is 2. The van der Waals surface area contributed by atoms with Crippen LogP contribution >= 0.6 is 0 Å². The van der Waals surface area contributed by atoms with E-state index in [2.05, 4.69) is 17.6 Å². The largest absolute Gasteiger partial charge is 0.356 e. The predicted molar refractivity (Wildman–Crippen MR) is 116 cm³/mol. The standard InChI is InChI=1S/C23H34N4O2/c1-2-3-15-24-22(28)17-27-20-13-8-7-12-19(20)26-21(27)14-9-16-25-23(29)18-10-5-4-6-11-18/h7-8,12-13,18H,2-6,9-11,14-17H2,1H3,(H,24,28)(H,25,29). The second-order valence-electron chi connectivity index (χ2n) is 8.04. The average molecular weight is 399 g/mol. The Morgan fingerprint density at radius 3 is 2.62 bits per heavy atom. The van der Waals surface area contributed by atoms with Crippen LogP contribution in [-0.4, -0.2) is 34.5 Å². The van der Waals surface area contributed by atoms with Crippen molar-refractivity contribution in [3.8, 4) is 0 Å². The van der Waals surface area contributed by atoms with Gasteiger partial charge in [-0.15, -0.1) is 0 Å².